The number of halogens is 3. The van der Waals surface area contributed by atoms with Crippen LogP contribution in [0.2, 0.25) is 0 Å². The molecule has 0 aliphatic carbocycles. The number of likely N-dealkylation sites (N-methyl/N-ethyl adjacent to an activating group) is 1. The van der Waals surface area contributed by atoms with Crippen molar-refractivity contribution in [3.8, 4) is 0 Å². The standard InChI is InChI=1S/C10H15F3N2O2S/c1-3-14(4-2)9-7-5-6-8-15(9)18(16,17)10(11,12)13/h5-9H,3-4H2,1-2H3. The molecule has 0 N–H and O–H groups in total. The fourth-order valence-electron chi connectivity index (χ4n) is 1.69. The van der Waals surface area contributed by atoms with Crippen LogP contribution in [-0.4, -0.2) is 42.4 Å². The van der Waals surface area contributed by atoms with Gasteiger partial charge in [-0.05, 0) is 25.2 Å². The summed E-state index contributed by atoms with van der Waals surface area (Å²) in [4.78, 5) is 1.61. The van der Waals surface area contributed by atoms with Gasteiger partial charge in [-0.25, -0.2) is 4.31 Å². The monoisotopic (exact) mass is 284 g/mol. The summed E-state index contributed by atoms with van der Waals surface area (Å²) in [5.41, 5.74) is -5.30. The Balaban J connectivity index is 3.13. The van der Waals surface area contributed by atoms with Gasteiger partial charge in [0.25, 0.3) is 0 Å². The summed E-state index contributed by atoms with van der Waals surface area (Å²) in [6.07, 6.45) is 4.23. The second-order valence-corrected chi connectivity index (χ2v) is 5.48. The highest BCUT2D eigenvalue weighted by Gasteiger charge is 2.51. The largest absolute Gasteiger partial charge is 0.516 e. The second-order valence-electron chi connectivity index (χ2n) is 3.64. The third-order valence-electron chi connectivity index (χ3n) is 2.64. The van der Waals surface area contributed by atoms with Crippen molar-refractivity contribution in [2.45, 2.75) is 25.5 Å². The second kappa shape index (κ2) is 5.31. The Morgan fingerprint density at radius 1 is 1.22 bits per heavy atom. The molecule has 0 saturated carbocycles. The maximum Gasteiger partial charge on any atom is 0.516 e. The molecule has 4 nitrogen and oxygen atoms in total. The van der Waals surface area contributed by atoms with Crippen LogP contribution in [-0.2, 0) is 10.0 Å². The predicted octanol–water partition coefficient (Wildman–Crippen LogP) is 1.89. The molecule has 0 bridgehead atoms. The van der Waals surface area contributed by atoms with E-state index in [1.165, 1.54) is 18.2 Å². The van der Waals surface area contributed by atoms with Crippen LogP contribution in [0.5, 0.6) is 0 Å². The van der Waals surface area contributed by atoms with Crippen molar-refractivity contribution in [1.29, 1.82) is 0 Å². The van der Waals surface area contributed by atoms with E-state index < -0.39 is 21.7 Å². The van der Waals surface area contributed by atoms with Gasteiger partial charge in [0.1, 0.15) is 6.17 Å². The molecule has 0 saturated heterocycles. The number of alkyl halides is 3. The van der Waals surface area contributed by atoms with Crippen LogP contribution in [0.1, 0.15) is 13.8 Å². The highest BCUT2D eigenvalue weighted by Crippen LogP contribution is 2.30. The number of hydrogen-bond acceptors (Lipinski definition) is 3. The lowest BCUT2D eigenvalue weighted by Crippen LogP contribution is -2.51. The molecule has 104 valence electrons. The van der Waals surface area contributed by atoms with Crippen LogP contribution < -0.4 is 0 Å². The Morgan fingerprint density at radius 3 is 2.22 bits per heavy atom. The molecule has 0 spiro atoms. The SMILES string of the molecule is CCN(CC)C1C=CC=CN1S(=O)(=O)C(F)(F)F. The average molecular weight is 284 g/mol. The van der Waals surface area contributed by atoms with E-state index in [0.717, 1.165) is 6.20 Å². The lowest BCUT2D eigenvalue weighted by Gasteiger charge is -2.36. The molecule has 0 radical (unpaired) electrons. The molecule has 18 heavy (non-hydrogen) atoms. The van der Waals surface area contributed by atoms with Gasteiger partial charge in [-0.1, -0.05) is 19.9 Å². The summed E-state index contributed by atoms with van der Waals surface area (Å²) in [6.45, 7) is 4.41. The van der Waals surface area contributed by atoms with Gasteiger partial charge in [0.2, 0.25) is 0 Å². The highest BCUT2D eigenvalue weighted by molar-refractivity contribution is 7.90. The zero-order chi connectivity index (χ0) is 14.0. The fourth-order valence-corrected chi connectivity index (χ4v) is 2.65. The Hall–Kier alpha value is -1.02. The van der Waals surface area contributed by atoms with Gasteiger partial charge < -0.3 is 0 Å². The smallest absolute Gasteiger partial charge is 0.280 e. The lowest BCUT2D eigenvalue weighted by atomic mass is 10.3. The summed E-state index contributed by atoms with van der Waals surface area (Å²) in [7, 11) is -5.36. The molecule has 0 aromatic rings. The molecule has 0 fully saturated rings. The van der Waals surface area contributed by atoms with E-state index in [1.54, 1.807) is 18.7 Å². The van der Waals surface area contributed by atoms with E-state index in [4.69, 9.17) is 0 Å². The van der Waals surface area contributed by atoms with Gasteiger partial charge in [0.15, 0.2) is 0 Å². The third-order valence-corrected chi connectivity index (χ3v) is 4.12. The van der Waals surface area contributed by atoms with E-state index in [-0.39, 0.29) is 0 Å². The zero-order valence-corrected chi connectivity index (χ0v) is 10.9. The molecule has 1 rings (SSSR count). The van der Waals surface area contributed by atoms with Crippen molar-refractivity contribution >= 4 is 10.0 Å². The molecule has 1 aliphatic heterocycles. The van der Waals surface area contributed by atoms with Crippen LogP contribution in [0.25, 0.3) is 0 Å². The Labute approximate surface area is 104 Å². The first-order valence-electron chi connectivity index (χ1n) is 5.44. The average Bonchev–Trinajstić information content (AvgIpc) is 2.29. The molecule has 0 aromatic carbocycles. The van der Waals surface area contributed by atoms with Gasteiger partial charge in [-0.3, -0.25) is 4.90 Å². The summed E-state index contributed by atoms with van der Waals surface area (Å²) < 4.78 is 60.9. The van der Waals surface area contributed by atoms with Gasteiger partial charge in [0.05, 0.1) is 0 Å². The molecular formula is C10H15F3N2O2S. The molecule has 0 aromatic heterocycles. The molecular weight excluding hydrogens is 269 g/mol. The summed E-state index contributed by atoms with van der Waals surface area (Å²) in [5, 5.41) is 0. The van der Waals surface area contributed by atoms with Crippen molar-refractivity contribution < 1.29 is 21.6 Å². The molecule has 1 heterocycles. The van der Waals surface area contributed by atoms with Crippen LogP contribution in [0, 0.1) is 0 Å². The number of hydrogen-bond donors (Lipinski definition) is 0. The van der Waals surface area contributed by atoms with E-state index in [9.17, 15) is 21.6 Å². The van der Waals surface area contributed by atoms with E-state index >= 15 is 0 Å². The number of allylic oxidation sites excluding steroid dienone is 2. The maximum absolute atomic E-state index is 12.6. The van der Waals surface area contributed by atoms with Crippen LogP contribution >= 0.6 is 0 Å². The summed E-state index contributed by atoms with van der Waals surface area (Å²) in [5.74, 6) is 0. The van der Waals surface area contributed by atoms with Gasteiger partial charge in [0, 0.05) is 6.20 Å². The Morgan fingerprint density at radius 2 is 1.78 bits per heavy atom. The minimum atomic E-state index is -5.36. The molecule has 0 amide bonds. The minimum Gasteiger partial charge on any atom is -0.280 e. The lowest BCUT2D eigenvalue weighted by molar-refractivity contribution is -0.0499. The summed E-state index contributed by atoms with van der Waals surface area (Å²) in [6, 6.07) is 0. The molecule has 8 heteroatoms. The maximum atomic E-state index is 12.6. The first kappa shape index (κ1) is 15.0. The van der Waals surface area contributed by atoms with E-state index in [2.05, 4.69) is 0 Å². The number of nitrogens with zero attached hydrogens (tertiary/aromatic N) is 2. The van der Waals surface area contributed by atoms with E-state index in [1.807, 2.05) is 0 Å². The van der Waals surface area contributed by atoms with Crippen molar-refractivity contribution in [3.05, 3.63) is 24.4 Å². The number of sulfonamides is 1. The molecule has 1 unspecified atom stereocenters. The molecule has 1 aliphatic rings. The Kier molecular flexibility index (Phi) is 4.44. The minimum absolute atomic E-state index is 0.347. The van der Waals surface area contributed by atoms with Crippen LogP contribution in [0.3, 0.4) is 0 Å². The summed E-state index contributed by atoms with van der Waals surface area (Å²) >= 11 is 0. The number of rotatable bonds is 4. The first-order chi connectivity index (χ1) is 8.25. The zero-order valence-electron chi connectivity index (χ0n) is 10.1. The van der Waals surface area contributed by atoms with E-state index in [0.29, 0.717) is 17.4 Å². The predicted molar refractivity (Wildman–Crippen MR) is 61.8 cm³/mol. The Bertz CT molecular complexity index is 439. The van der Waals surface area contributed by atoms with Crippen molar-refractivity contribution in [2.75, 3.05) is 13.1 Å². The van der Waals surface area contributed by atoms with Crippen molar-refractivity contribution in [1.82, 2.24) is 9.21 Å². The fraction of sp³-hybridized carbons (Fsp3) is 0.600. The van der Waals surface area contributed by atoms with Gasteiger partial charge >= 0.3 is 15.5 Å². The highest BCUT2D eigenvalue weighted by atomic mass is 32.2. The van der Waals surface area contributed by atoms with Crippen LogP contribution in [0.4, 0.5) is 13.2 Å². The van der Waals surface area contributed by atoms with Crippen molar-refractivity contribution in [2.24, 2.45) is 0 Å². The normalized spacial score (nSPS) is 20.8. The third kappa shape index (κ3) is 2.69. The quantitative estimate of drug-likeness (QED) is 0.791. The van der Waals surface area contributed by atoms with Crippen LogP contribution in [0.15, 0.2) is 24.4 Å². The molecule has 1 atom stereocenters. The van der Waals surface area contributed by atoms with Gasteiger partial charge in [-0.2, -0.15) is 21.6 Å². The van der Waals surface area contributed by atoms with Gasteiger partial charge in [-0.15, -0.1) is 0 Å². The topological polar surface area (TPSA) is 40.6 Å². The van der Waals surface area contributed by atoms with Crippen molar-refractivity contribution in [3.63, 3.8) is 0 Å². The first-order valence-corrected chi connectivity index (χ1v) is 6.88.